The third-order valence-electron chi connectivity index (χ3n) is 4.78. The van der Waals surface area contributed by atoms with Crippen LogP contribution in [0.15, 0.2) is 36.4 Å². The number of esters is 2. The number of hydrogen-bond donors (Lipinski definition) is 0. The van der Waals surface area contributed by atoms with Crippen LogP contribution < -0.4 is 4.74 Å². The number of rotatable bonds is 12. The van der Waals surface area contributed by atoms with E-state index in [0.717, 1.165) is 19.3 Å². The first kappa shape index (κ1) is 25.5. The van der Waals surface area contributed by atoms with E-state index >= 15 is 0 Å². The molecular formula is C24H27Cl3O4. The number of carbonyl (C=O) groups is 2. The number of ether oxygens (including phenoxy) is 2. The molecule has 7 heteroatoms. The fourth-order valence-electron chi connectivity index (χ4n) is 3.06. The summed E-state index contributed by atoms with van der Waals surface area (Å²) in [4.78, 5) is 25.1. The molecular weight excluding hydrogens is 459 g/mol. The van der Waals surface area contributed by atoms with E-state index < -0.39 is 11.9 Å². The van der Waals surface area contributed by atoms with Gasteiger partial charge in [-0.05, 0) is 24.6 Å². The summed E-state index contributed by atoms with van der Waals surface area (Å²) in [5.74, 6) is -1.24. The average Bonchev–Trinajstić information content (AvgIpc) is 2.76. The lowest BCUT2D eigenvalue weighted by Gasteiger charge is -2.11. The molecule has 0 aliphatic heterocycles. The molecule has 0 radical (unpaired) electrons. The van der Waals surface area contributed by atoms with Crippen LogP contribution in [0.4, 0.5) is 0 Å². The number of halogens is 3. The topological polar surface area (TPSA) is 52.6 Å². The summed E-state index contributed by atoms with van der Waals surface area (Å²) in [6.07, 6.45) is 9.22. The molecule has 0 saturated carbocycles. The Balaban J connectivity index is 1.89. The van der Waals surface area contributed by atoms with Crippen LogP contribution in [0.1, 0.15) is 79.0 Å². The quantitative estimate of drug-likeness (QED) is 0.132. The second-order valence-corrected chi connectivity index (χ2v) is 8.46. The molecule has 0 saturated heterocycles. The molecule has 0 aliphatic rings. The van der Waals surface area contributed by atoms with Gasteiger partial charge in [0.2, 0.25) is 0 Å². The Morgan fingerprint density at radius 1 is 0.742 bits per heavy atom. The van der Waals surface area contributed by atoms with Crippen molar-refractivity contribution < 1.29 is 19.1 Å². The lowest BCUT2D eigenvalue weighted by molar-refractivity contribution is 0.0489. The van der Waals surface area contributed by atoms with Gasteiger partial charge in [-0.25, -0.2) is 9.59 Å². The maximum Gasteiger partial charge on any atom is 0.344 e. The van der Waals surface area contributed by atoms with Gasteiger partial charge in [0.1, 0.15) is 0 Å². The first-order valence-corrected chi connectivity index (χ1v) is 11.7. The SMILES string of the molecule is CCCCCCCCCCOC(=O)c1ccccc1C(=O)Oc1cc(Cl)c(Cl)cc1Cl. The molecule has 2 rings (SSSR count). The molecule has 0 aliphatic carbocycles. The zero-order valence-electron chi connectivity index (χ0n) is 17.6. The van der Waals surface area contributed by atoms with Gasteiger partial charge in [-0.3, -0.25) is 0 Å². The lowest BCUT2D eigenvalue weighted by Crippen LogP contribution is -2.16. The summed E-state index contributed by atoms with van der Waals surface area (Å²) in [5, 5.41) is 0.584. The smallest absolute Gasteiger partial charge is 0.344 e. The van der Waals surface area contributed by atoms with Crippen molar-refractivity contribution in [1.82, 2.24) is 0 Å². The van der Waals surface area contributed by atoms with Gasteiger partial charge >= 0.3 is 11.9 Å². The average molecular weight is 486 g/mol. The van der Waals surface area contributed by atoms with E-state index in [1.165, 1.54) is 56.4 Å². The minimum atomic E-state index is -0.736. The molecule has 2 aromatic carbocycles. The van der Waals surface area contributed by atoms with Gasteiger partial charge in [0.05, 0.1) is 32.8 Å². The highest BCUT2D eigenvalue weighted by Gasteiger charge is 2.21. The molecule has 0 aromatic heterocycles. The predicted molar refractivity (Wildman–Crippen MR) is 126 cm³/mol. The summed E-state index contributed by atoms with van der Waals surface area (Å²) in [5.41, 5.74) is 0.230. The van der Waals surface area contributed by atoms with E-state index in [2.05, 4.69) is 6.92 Å². The summed E-state index contributed by atoms with van der Waals surface area (Å²) in [7, 11) is 0. The summed E-state index contributed by atoms with van der Waals surface area (Å²) >= 11 is 17.9. The van der Waals surface area contributed by atoms with E-state index in [4.69, 9.17) is 44.3 Å². The van der Waals surface area contributed by atoms with Gasteiger partial charge in [-0.15, -0.1) is 0 Å². The molecule has 4 nitrogen and oxygen atoms in total. The summed E-state index contributed by atoms with van der Waals surface area (Å²) < 4.78 is 10.7. The normalized spacial score (nSPS) is 10.7. The van der Waals surface area contributed by atoms with Crippen molar-refractivity contribution >= 4 is 46.7 Å². The Morgan fingerprint density at radius 3 is 1.94 bits per heavy atom. The largest absolute Gasteiger partial charge is 0.462 e. The van der Waals surface area contributed by atoms with E-state index in [1.807, 2.05) is 0 Å². The summed E-state index contributed by atoms with van der Waals surface area (Å²) in [6, 6.07) is 9.08. The Hall–Kier alpha value is -1.75. The first-order chi connectivity index (χ1) is 14.9. The molecule has 0 N–H and O–H groups in total. The van der Waals surface area contributed by atoms with Crippen LogP contribution in [-0.2, 0) is 4.74 Å². The molecule has 0 fully saturated rings. The Kier molecular flexibility index (Phi) is 11.2. The molecule has 0 amide bonds. The zero-order chi connectivity index (χ0) is 22.6. The molecule has 0 heterocycles. The highest BCUT2D eigenvalue weighted by Crippen LogP contribution is 2.34. The molecule has 2 aromatic rings. The Labute approximate surface area is 198 Å². The van der Waals surface area contributed by atoms with Crippen LogP contribution in [0.2, 0.25) is 15.1 Å². The summed E-state index contributed by atoms with van der Waals surface area (Å²) in [6.45, 7) is 2.52. The van der Waals surface area contributed by atoms with Crippen molar-refractivity contribution in [2.45, 2.75) is 58.3 Å². The van der Waals surface area contributed by atoms with Crippen LogP contribution in [0.5, 0.6) is 5.75 Å². The fourth-order valence-corrected chi connectivity index (χ4v) is 3.63. The lowest BCUT2D eigenvalue weighted by atomic mass is 10.1. The van der Waals surface area contributed by atoms with Crippen molar-refractivity contribution in [2.24, 2.45) is 0 Å². The van der Waals surface area contributed by atoms with E-state index in [1.54, 1.807) is 12.1 Å². The second-order valence-electron chi connectivity index (χ2n) is 7.24. The molecule has 0 spiro atoms. The van der Waals surface area contributed by atoms with Crippen molar-refractivity contribution in [3.05, 3.63) is 62.6 Å². The van der Waals surface area contributed by atoms with Crippen LogP contribution >= 0.6 is 34.8 Å². The van der Waals surface area contributed by atoms with Gasteiger partial charge in [0.25, 0.3) is 0 Å². The van der Waals surface area contributed by atoms with E-state index in [-0.39, 0.29) is 31.9 Å². The molecule has 0 bridgehead atoms. The number of unbranched alkanes of at least 4 members (excludes halogenated alkanes) is 7. The van der Waals surface area contributed by atoms with Crippen LogP contribution in [0, 0.1) is 0 Å². The minimum absolute atomic E-state index is 0.0585. The maximum absolute atomic E-state index is 12.6. The first-order valence-electron chi connectivity index (χ1n) is 10.6. The van der Waals surface area contributed by atoms with E-state index in [9.17, 15) is 9.59 Å². The maximum atomic E-state index is 12.6. The van der Waals surface area contributed by atoms with Gasteiger partial charge in [0, 0.05) is 6.07 Å². The monoisotopic (exact) mass is 484 g/mol. The Bertz CT molecular complexity index is 883. The van der Waals surface area contributed by atoms with Gasteiger partial charge in [-0.2, -0.15) is 0 Å². The van der Waals surface area contributed by atoms with Crippen LogP contribution in [-0.4, -0.2) is 18.5 Å². The van der Waals surface area contributed by atoms with Crippen LogP contribution in [0.3, 0.4) is 0 Å². The standard InChI is InChI=1S/C24H27Cl3O4/c1-2-3-4-5-6-7-8-11-14-30-23(28)17-12-9-10-13-18(17)24(29)31-22-16-20(26)19(25)15-21(22)27/h9-10,12-13,15-16H,2-8,11,14H2,1H3. The minimum Gasteiger partial charge on any atom is -0.462 e. The molecule has 31 heavy (non-hydrogen) atoms. The number of benzene rings is 2. The zero-order valence-corrected chi connectivity index (χ0v) is 19.9. The van der Waals surface area contributed by atoms with Crippen molar-refractivity contribution in [3.63, 3.8) is 0 Å². The van der Waals surface area contributed by atoms with Crippen molar-refractivity contribution in [3.8, 4) is 5.75 Å². The second kappa shape index (κ2) is 13.6. The molecule has 168 valence electrons. The van der Waals surface area contributed by atoms with Crippen LogP contribution in [0.25, 0.3) is 0 Å². The van der Waals surface area contributed by atoms with E-state index in [0.29, 0.717) is 6.61 Å². The third kappa shape index (κ3) is 8.36. The van der Waals surface area contributed by atoms with Crippen molar-refractivity contribution in [2.75, 3.05) is 6.61 Å². The highest BCUT2D eigenvalue weighted by molar-refractivity contribution is 6.43. The molecule has 0 atom stereocenters. The highest BCUT2D eigenvalue weighted by atomic mass is 35.5. The van der Waals surface area contributed by atoms with Crippen molar-refractivity contribution in [1.29, 1.82) is 0 Å². The van der Waals surface area contributed by atoms with Gasteiger partial charge < -0.3 is 9.47 Å². The number of carbonyl (C=O) groups excluding carboxylic acids is 2. The van der Waals surface area contributed by atoms with Gasteiger partial charge in [0.15, 0.2) is 5.75 Å². The molecule has 0 unspecified atom stereocenters. The predicted octanol–water partition coefficient (Wildman–Crippen LogP) is 8.16. The fraction of sp³-hybridized carbons (Fsp3) is 0.417. The number of hydrogen-bond acceptors (Lipinski definition) is 4. The third-order valence-corrected chi connectivity index (χ3v) is 5.79. The Morgan fingerprint density at radius 2 is 1.29 bits per heavy atom. The van der Waals surface area contributed by atoms with Gasteiger partial charge in [-0.1, -0.05) is 98.8 Å².